The number of rotatable bonds is 3. The van der Waals surface area contributed by atoms with Gasteiger partial charge in [0.05, 0.1) is 5.92 Å². The first-order valence-corrected chi connectivity index (χ1v) is 8.31. The van der Waals surface area contributed by atoms with Crippen LogP contribution in [-0.2, 0) is 4.79 Å². The molecule has 0 aliphatic carbocycles. The zero-order chi connectivity index (χ0) is 14.9. The van der Waals surface area contributed by atoms with Crippen LogP contribution in [0.4, 0.5) is 5.69 Å². The Bertz CT molecular complexity index is 512. The minimum Gasteiger partial charge on any atom is -0.384 e. The van der Waals surface area contributed by atoms with E-state index in [0.29, 0.717) is 11.3 Å². The van der Waals surface area contributed by atoms with Crippen LogP contribution in [0.1, 0.15) is 51.0 Å². The normalized spacial score (nSPS) is 23.5. The highest BCUT2D eigenvalue weighted by Gasteiger charge is 2.37. The van der Waals surface area contributed by atoms with E-state index in [1.807, 2.05) is 12.1 Å². The first-order chi connectivity index (χ1) is 10.2. The summed E-state index contributed by atoms with van der Waals surface area (Å²) in [6, 6.07) is 8.21. The lowest BCUT2D eigenvalue weighted by Gasteiger charge is -2.41. The van der Waals surface area contributed by atoms with Gasteiger partial charge in [0.1, 0.15) is 0 Å². The van der Waals surface area contributed by atoms with Crippen LogP contribution in [0.25, 0.3) is 0 Å². The van der Waals surface area contributed by atoms with Crippen LogP contribution in [0.15, 0.2) is 24.3 Å². The van der Waals surface area contributed by atoms with E-state index in [2.05, 4.69) is 36.2 Å². The summed E-state index contributed by atoms with van der Waals surface area (Å²) < 4.78 is 0. The molecule has 21 heavy (non-hydrogen) atoms. The van der Waals surface area contributed by atoms with Crippen LogP contribution < -0.4 is 5.32 Å². The molecule has 114 valence electrons. The van der Waals surface area contributed by atoms with Crippen LogP contribution in [0.5, 0.6) is 0 Å². The monoisotopic (exact) mass is 286 g/mol. The number of likely N-dealkylation sites (tertiary alicyclic amines) is 1. The third-order valence-corrected chi connectivity index (χ3v) is 5.77. The maximum atomic E-state index is 12.8. The SMILES string of the molecule is CCC1(CC)CCN(C(=O)C2CNc3ccccc32)CC1. The molecule has 1 saturated heterocycles. The van der Waals surface area contributed by atoms with Crippen LogP contribution in [0, 0.1) is 5.41 Å². The molecule has 0 bridgehead atoms. The molecule has 0 radical (unpaired) electrons. The van der Waals surface area contributed by atoms with Crippen molar-refractivity contribution >= 4 is 11.6 Å². The van der Waals surface area contributed by atoms with E-state index in [1.54, 1.807) is 0 Å². The van der Waals surface area contributed by atoms with Gasteiger partial charge in [-0.1, -0.05) is 44.9 Å². The summed E-state index contributed by atoms with van der Waals surface area (Å²) in [5.74, 6) is 0.324. The molecule has 2 heterocycles. The van der Waals surface area contributed by atoms with Gasteiger partial charge >= 0.3 is 0 Å². The fraction of sp³-hybridized carbons (Fsp3) is 0.611. The Morgan fingerprint density at radius 1 is 1.24 bits per heavy atom. The van der Waals surface area contributed by atoms with Gasteiger partial charge in [-0.3, -0.25) is 4.79 Å². The van der Waals surface area contributed by atoms with Crippen molar-refractivity contribution in [2.24, 2.45) is 5.41 Å². The second-order valence-corrected chi connectivity index (χ2v) is 6.55. The highest BCUT2D eigenvalue weighted by atomic mass is 16.2. The molecular weight excluding hydrogens is 260 g/mol. The molecule has 1 N–H and O–H groups in total. The molecule has 1 aromatic carbocycles. The Morgan fingerprint density at radius 2 is 1.90 bits per heavy atom. The summed E-state index contributed by atoms with van der Waals surface area (Å²) >= 11 is 0. The van der Waals surface area contributed by atoms with Crippen LogP contribution in [0.3, 0.4) is 0 Å². The standard InChI is InChI=1S/C18H26N2O/c1-3-18(4-2)9-11-20(12-10-18)17(21)15-13-19-16-8-6-5-7-14(15)16/h5-8,15,19H,3-4,9-13H2,1-2H3. The molecule has 1 unspecified atom stereocenters. The number of anilines is 1. The van der Waals surface area contributed by atoms with Crippen molar-refractivity contribution < 1.29 is 4.79 Å². The maximum Gasteiger partial charge on any atom is 0.231 e. The van der Waals surface area contributed by atoms with Crippen molar-refractivity contribution in [2.75, 3.05) is 25.0 Å². The highest BCUT2D eigenvalue weighted by Crippen LogP contribution is 2.39. The van der Waals surface area contributed by atoms with Crippen molar-refractivity contribution in [2.45, 2.75) is 45.4 Å². The highest BCUT2D eigenvalue weighted by molar-refractivity contribution is 5.88. The number of piperidine rings is 1. The van der Waals surface area contributed by atoms with Gasteiger partial charge in [-0.05, 0) is 29.9 Å². The smallest absolute Gasteiger partial charge is 0.231 e. The molecule has 1 amide bonds. The summed E-state index contributed by atoms with van der Waals surface area (Å²) in [6.45, 7) is 7.19. The van der Waals surface area contributed by atoms with Gasteiger partial charge in [-0.15, -0.1) is 0 Å². The largest absolute Gasteiger partial charge is 0.384 e. The summed E-state index contributed by atoms with van der Waals surface area (Å²) in [7, 11) is 0. The second-order valence-electron chi connectivity index (χ2n) is 6.55. The van der Waals surface area contributed by atoms with Gasteiger partial charge in [0.25, 0.3) is 0 Å². The van der Waals surface area contributed by atoms with Crippen molar-refractivity contribution in [3.8, 4) is 0 Å². The number of nitrogens with one attached hydrogen (secondary N) is 1. The number of nitrogens with zero attached hydrogens (tertiary/aromatic N) is 1. The van der Waals surface area contributed by atoms with Crippen molar-refractivity contribution in [1.29, 1.82) is 0 Å². The lowest BCUT2D eigenvalue weighted by Crippen LogP contribution is -2.45. The van der Waals surface area contributed by atoms with Crippen LogP contribution in [0.2, 0.25) is 0 Å². The van der Waals surface area contributed by atoms with E-state index in [9.17, 15) is 4.79 Å². The van der Waals surface area contributed by atoms with Crippen molar-refractivity contribution in [3.05, 3.63) is 29.8 Å². The third-order valence-electron chi connectivity index (χ3n) is 5.77. The predicted molar refractivity (Wildman–Crippen MR) is 86.5 cm³/mol. The Labute approximate surface area is 127 Å². The Balaban J connectivity index is 1.68. The molecule has 1 aromatic rings. The van der Waals surface area contributed by atoms with E-state index >= 15 is 0 Å². The fourth-order valence-corrected chi connectivity index (χ4v) is 3.88. The Morgan fingerprint density at radius 3 is 2.57 bits per heavy atom. The lowest BCUT2D eigenvalue weighted by molar-refractivity contribution is -0.134. The molecule has 0 saturated carbocycles. The fourth-order valence-electron chi connectivity index (χ4n) is 3.88. The zero-order valence-corrected chi connectivity index (χ0v) is 13.2. The number of carbonyl (C=O) groups excluding carboxylic acids is 1. The number of fused-ring (bicyclic) bond motifs is 1. The summed E-state index contributed by atoms with van der Waals surface area (Å²) in [5, 5.41) is 3.36. The molecule has 0 spiro atoms. The number of benzene rings is 1. The Kier molecular flexibility index (Phi) is 3.92. The number of amides is 1. The molecule has 3 heteroatoms. The number of hydrogen-bond acceptors (Lipinski definition) is 2. The summed E-state index contributed by atoms with van der Waals surface area (Å²) in [5.41, 5.74) is 2.78. The molecule has 1 fully saturated rings. The summed E-state index contributed by atoms with van der Waals surface area (Å²) in [4.78, 5) is 14.9. The van der Waals surface area contributed by atoms with Crippen molar-refractivity contribution in [1.82, 2.24) is 4.90 Å². The molecule has 3 rings (SSSR count). The van der Waals surface area contributed by atoms with E-state index in [0.717, 1.165) is 38.2 Å². The molecular formula is C18H26N2O. The molecule has 1 atom stereocenters. The molecule has 0 aromatic heterocycles. The van der Waals surface area contributed by atoms with E-state index < -0.39 is 0 Å². The molecule has 2 aliphatic rings. The van der Waals surface area contributed by atoms with E-state index in [-0.39, 0.29) is 5.92 Å². The Hall–Kier alpha value is -1.51. The first-order valence-electron chi connectivity index (χ1n) is 8.31. The van der Waals surface area contributed by atoms with Crippen LogP contribution in [-0.4, -0.2) is 30.4 Å². The number of hydrogen-bond donors (Lipinski definition) is 1. The quantitative estimate of drug-likeness (QED) is 0.920. The third kappa shape index (κ3) is 2.54. The van der Waals surface area contributed by atoms with Gasteiger partial charge in [0.2, 0.25) is 5.91 Å². The maximum absolute atomic E-state index is 12.8. The minimum absolute atomic E-state index is 0.0111. The van der Waals surface area contributed by atoms with Gasteiger partial charge in [0, 0.05) is 25.3 Å². The topological polar surface area (TPSA) is 32.3 Å². The number of carbonyl (C=O) groups is 1. The van der Waals surface area contributed by atoms with Gasteiger partial charge in [-0.2, -0.15) is 0 Å². The van der Waals surface area contributed by atoms with E-state index in [4.69, 9.17) is 0 Å². The average Bonchev–Trinajstić information content (AvgIpc) is 2.98. The van der Waals surface area contributed by atoms with E-state index in [1.165, 1.54) is 18.4 Å². The van der Waals surface area contributed by atoms with Gasteiger partial charge in [-0.25, -0.2) is 0 Å². The second kappa shape index (κ2) is 5.70. The van der Waals surface area contributed by atoms with Gasteiger partial charge in [0.15, 0.2) is 0 Å². The first kappa shape index (κ1) is 14.4. The van der Waals surface area contributed by atoms with Crippen molar-refractivity contribution in [3.63, 3.8) is 0 Å². The summed E-state index contributed by atoms with van der Waals surface area (Å²) in [6.07, 6.45) is 4.79. The zero-order valence-electron chi connectivity index (χ0n) is 13.2. The lowest BCUT2D eigenvalue weighted by atomic mass is 9.74. The predicted octanol–water partition coefficient (Wildman–Crippen LogP) is 3.62. The van der Waals surface area contributed by atoms with Crippen LogP contribution >= 0.6 is 0 Å². The minimum atomic E-state index is 0.0111. The average molecular weight is 286 g/mol. The number of para-hydroxylation sites is 1. The molecule has 3 nitrogen and oxygen atoms in total. The van der Waals surface area contributed by atoms with Gasteiger partial charge < -0.3 is 10.2 Å². The molecule has 2 aliphatic heterocycles.